The maximum atomic E-state index is 12.5. The van der Waals surface area contributed by atoms with E-state index in [1.54, 1.807) is 30.5 Å². The second kappa shape index (κ2) is 17.8. The first-order valence-corrected chi connectivity index (χ1v) is 12.7. The summed E-state index contributed by atoms with van der Waals surface area (Å²) in [5, 5.41) is 37.8. The van der Waals surface area contributed by atoms with E-state index in [1.807, 2.05) is 0 Å². The first kappa shape index (κ1) is 34.3. The van der Waals surface area contributed by atoms with E-state index in [0.29, 0.717) is 42.8 Å². The number of aliphatic carboxylic acids is 3. The van der Waals surface area contributed by atoms with Crippen LogP contribution < -0.4 is 16.4 Å². The molecular formula is C26H37FN6O8. The van der Waals surface area contributed by atoms with Crippen LogP contribution in [0.2, 0.25) is 0 Å². The summed E-state index contributed by atoms with van der Waals surface area (Å²) in [5.74, 6) is -4.29. The largest absolute Gasteiger partial charge is 0.481 e. The first-order chi connectivity index (χ1) is 19.4. The number of urea groups is 1. The van der Waals surface area contributed by atoms with Gasteiger partial charge >= 0.3 is 23.9 Å². The summed E-state index contributed by atoms with van der Waals surface area (Å²) >= 11 is 0. The third kappa shape index (κ3) is 13.3. The number of benzene rings is 1. The molecule has 226 valence electrons. The van der Waals surface area contributed by atoms with E-state index >= 15 is 0 Å². The zero-order chi connectivity index (χ0) is 30.9. The molecule has 0 saturated carbocycles. The van der Waals surface area contributed by atoms with E-state index in [2.05, 4.69) is 22.5 Å². The Kier molecular flexibility index (Phi) is 14.9. The molecule has 0 radical (unpaired) electrons. The predicted octanol–water partition coefficient (Wildman–Crippen LogP) is 1.83. The van der Waals surface area contributed by atoms with E-state index < -0.39 is 49.1 Å². The van der Waals surface area contributed by atoms with Gasteiger partial charge in [-0.2, -0.15) is 5.10 Å². The second-order valence-electron chi connectivity index (χ2n) is 9.09. The van der Waals surface area contributed by atoms with Crippen LogP contribution in [0.25, 0.3) is 0 Å². The Bertz CT molecular complexity index is 1100. The Labute approximate surface area is 236 Å². The Morgan fingerprint density at radius 2 is 1.71 bits per heavy atom. The molecule has 0 aliphatic rings. The van der Waals surface area contributed by atoms with Gasteiger partial charge in [-0.05, 0) is 43.4 Å². The van der Waals surface area contributed by atoms with Crippen LogP contribution in [-0.4, -0.2) is 94.1 Å². The quantitative estimate of drug-likeness (QED) is 0.103. The Balaban J connectivity index is 2.69. The molecule has 41 heavy (non-hydrogen) atoms. The maximum absolute atomic E-state index is 12.5. The monoisotopic (exact) mass is 580 g/mol. The van der Waals surface area contributed by atoms with Gasteiger partial charge in [0, 0.05) is 57.2 Å². The molecule has 0 aliphatic heterocycles. The summed E-state index contributed by atoms with van der Waals surface area (Å²) in [4.78, 5) is 59.6. The van der Waals surface area contributed by atoms with Crippen molar-refractivity contribution in [1.82, 2.24) is 15.2 Å². The smallest absolute Gasteiger partial charge is 0.326 e. The topological polar surface area (TPSA) is 215 Å². The van der Waals surface area contributed by atoms with Gasteiger partial charge in [0.2, 0.25) is 5.91 Å². The summed E-state index contributed by atoms with van der Waals surface area (Å²) in [6, 6.07) is 2.47. The standard InChI is InChI=1S/C26H37FN6O8/c1-29-33(16-18(28)5-3-13-27)14-4-6-22(34)30-19-9-7-17(8-10-19)15-21(25(39)40)32(2)26(41)31-20(24(37)38)11-12-23(35)36/h7-10,16,20-21H,1,3-6,11-15,28H2,2H3,(H,30,34)(H,31,41)(H,35,36)(H,37,38)(H,39,40)/b18-16-/t20-,21-/m0/s1. The highest BCUT2D eigenvalue weighted by Crippen LogP contribution is 2.15. The molecule has 3 amide bonds. The lowest BCUT2D eigenvalue weighted by atomic mass is 10.0. The highest BCUT2D eigenvalue weighted by atomic mass is 19.1. The zero-order valence-corrected chi connectivity index (χ0v) is 22.8. The van der Waals surface area contributed by atoms with Crippen LogP contribution >= 0.6 is 0 Å². The van der Waals surface area contributed by atoms with E-state index in [4.69, 9.17) is 10.8 Å². The molecule has 1 rings (SSSR count). The molecule has 15 heteroatoms. The number of rotatable bonds is 19. The number of alkyl halides is 1. The van der Waals surface area contributed by atoms with Gasteiger partial charge in [-0.25, -0.2) is 14.4 Å². The summed E-state index contributed by atoms with van der Waals surface area (Å²) in [6.45, 7) is 3.35. The lowest BCUT2D eigenvalue weighted by Gasteiger charge is -2.27. The lowest BCUT2D eigenvalue weighted by molar-refractivity contribution is -0.142. The Morgan fingerprint density at radius 1 is 1.05 bits per heavy atom. The Morgan fingerprint density at radius 3 is 2.24 bits per heavy atom. The SMILES string of the molecule is C=NN(/C=C(\N)CCCF)CCCC(=O)Nc1ccc(C[C@@H](C(=O)O)N(C)C(=O)N[C@@H](CCC(=O)O)C(=O)O)cc1. The number of hydrazone groups is 1. The number of carbonyl (C=O) groups excluding carboxylic acids is 2. The van der Waals surface area contributed by atoms with Gasteiger partial charge in [-0.15, -0.1) is 0 Å². The third-order valence-corrected chi connectivity index (χ3v) is 5.87. The summed E-state index contributed by atoms with van der Waals surface area (Å²) in [7, 11) is 1.19. The van der Waals surface area contributed by atoms with Crippen molar-refractivity contribution in [3.63, 3.8) is 0 Å². The van der Waals surface area contributed by atoms with Crippen molar-refractivity contribution in [3.8, 4) is 0 Å². The summed E-state index contributed by atoms with van der Waals surface area (Å²) < 4.78 is 12.3. The number of nitrogens with two attached hydrogens (primary N) is 1. The van der Waals surface area contributed by atoms with E-state index in [9.17, 15) is 38.6 Å². The average Bonchev–Trinajstić information content (AvgIpc) is 2.92. The second-order valence-corrected chi connectivity index (χ2v) is 9.09. The van der Waals surface area contributed by atoms with E-state index in [1.165, 1.54) is 12.1 Å². The number of carbonyl (C=O) groups is 5. The normalized spacial score (nSPS) is 12.5. The number of hydrogen-bond donors (Lipinski definition) is 6. The first-order valence-electron chi connectivity index (χ1n) is 12.7. The molecule has 2 atom stereocenters. The van der Waals surface area contributed by atoms with Crippen LogP contribution in [0.15, 0.2) is 41.3 Å². The molecule has 0 saturated heterocycles. The fraction of sp³-hybridized carbons (Fsp3) is 0.462. The summed E-state index contributed by atoms with van der Waals surface area (Å²) in [5.41, 5.74) is 7.25. The minimum Gasteiger partial charge on any atom is -0.481 e. The van der Waals surface area contributed by atoms with Crippen LogP contribution in [0, 0.1) is 0 Å². The molecule has 0 aromatic heterocycles. The number of nitrogens with zero attached hydrogens (tertiary/aromatic N) is 3. The highest BCUT2D eigenvalue weighted by molar-refractivity contribution is 5.90. The number of carboxylic acid groups (broad SMARTS) is 3. The lowest BCUT2D eigenvalue weighted by Crippen LogP contribution is -2.52. The predicted molar refractivity (Wildman–Crippen MR) is 148 cm³/mol. The third-order valence-electron chi connectivity index (χ3n) is 5.87. The number of nitrogens with one attached hydrogen (secondary N) is 2. The molecule has 14 nitrogen and oxygen atoms in total. The number of amides is 3. The van der Waals surface area contributed by atoms with Gasteiger partial charge in [0.25, 0.3) is 0 Å². The van der Waals surface area contributed by atoms with Crippen molar-refractivity contribution < 1.29 is 43.7 Å². The van der Waals surface area contributed by atoms with Crippen molar-refractivity contribution in [2.24, 2.45) is 10.8 Å². The molecule has 1 aromatic carbocycles. The molecule has 0 heterocycles. The summed E-state index contributed by atoms with van der Waals surface area (Å²) in [6.07, 6.45) is 1.86. The number of likely N-dealkylation sites (N-methyl/N-ethyl adjacent to an activating group) is 1. The van der Waals surface area contributed by atoms with E-state index in [-0.39, 0.29) is 25.2 Å². The van der Waals surface area contributed by atoms with Gasteiger partial charge in [0.05, 0.1) is 6.67 Å². The van der Waals surface area contributed by atoms with E-state index in [0.717, 1.165) is 4.90 Å². The Hall–Kier alpha value is -4.69. The number of allylic oxidation sites excluding steroid dienone is 1. The fourth-order valence-corrected chi connectivity index (χ4v) is 3.58. The van der Waals surface area contributed by atoms with Crippen molar-refractivity contribution in [2.45, 2.75) is 57.0 Å². The molecule has 0 fully saturated rings. The number of hydrogen-bond acceptors (Lipinski definition) is 8. The van der Waals surface area contributed by atoms with Gasteiger partial charge in [-0.3, -0.25) is 19.0 Å². The van der Waals surface area contributed by atoms with Crippen LogP contribution in [-0.2, 0) is 25.6 Å². The zero-order valence-electron chi connectivity index (χ0n) is 22.8. The van der Waals surface area contributed by atoms with Crippen LogP contribution in [0.1, 0.15) is 44.1 Å². The molecule has 0 bridgehead atoms. The minimum atomic E-state index is -1.50. The minimum absolute atomic E-state index is 0.118. The highest BCUT2D eigenvalue weighted by Gasteiger charge is 2.30. The van der Waals surface area contributed by atoms with Gasteiger partial charge in [0.1, 0.15) is 12.1 Å². The average molecular weight is 581 g/mol. The molecule has 7 N–H and O–H groups in total. The van der Waals surface area contributed by atoms with Crippen LogP contribution in [0.4, 0.5) is 14.9 Å². The molecular weight excluding hydrogens is 543 g/mol. The van der Waals surface area contributed by atoms with Gasteiger partial charge in [-0.1, -0.05) is 12.1 Å². The number of carboxylic acids is 3. The van der Waals surface area contributed by atoms with Crippen LogP contribution in [0.5, 0.6) is 0 Å². The van der Waals surface area contributed by atoms with Crippen molar-refractivity contribution >= 4 is 42.3 Å². The van der Waals surface area contributed by atoms with Gasteiger partial charge < -0.3 is 36.6 Å². The molecule has 0 aliphatic carbocycles. The molecule has 0 spiro atoms. The number of anilines is 1. The number of halogens is 1. The van der Waals surface area contributed by atoms with Gasteiger partial charge in [0.15, 0.2) is 0 Å². The van der Waals surface area contributed by atoms with Crippen molar-refractivity contribution in [2.75, 3.05) is 25.6 Å². The molecule has 0 unspecified atom stereocenters. The maximum Gasteiger partial charge on any atom is 0.326 e. The van der Waals surface area contributed by atoms with Crippen LogP contribution in [0.3, 0.4) is 0 Å². The van der Waals surface area contributed by atoms with Crippen molar-refractivity contribution in [3.05, 3.63) is 41.7 Å². The molecule has 1 aromatic rings. The van der Waals surface area contributed by atoms with Crippen molar-refractivity contribution in [1.29, 1.82) is 0 Å². The fourth-order valence-electron chi connectivity index (χ4n) is 3.58.